The lowest BCUT2D eigenvalue weighted by Gasteiger charge is -2.21. The van der Waals surface area contributed by atoms with E-state index in [1.807, 2.05) is 24.3 Å². The molecule has 0 saturated carbocycles. The fraction of sp³-hybridized carbons (Fsp3) is 0.116. The highest BCUT2D eigenvalue weighted by Gasteiger charge is 2.36. The number of aromatic nitrogens is 3. The van der Waals surface area contributed by atoms with Crippen molar-refractivity contribution in [2.45, 2.75) is 32.1 Å². The molecule has 7 aromatic rings. The van der Waals surface area contributed by atoms with Gasteiger partial charge in [-0.2, -0.15) is 0 Å². The Bertz CT molecular complexity index is 2250. The molecule has 5 aromatic carbocycles. The zero-order valence-electron chi connectivity index (χ0n) is 26.0. The van der Waals surface area contributed by atoms with Gasteiger partial charge in [-0.3, -0.25) is 0 Å². The van der Waals surface area contributed by atoms with E-state index < -0.39 is 0 Å². The van der Waals surface area contributed by atoms with E-state index >= 15 is 0 Å². The Hall–Kier alpha value is -5.54. The first kappa shape index (κ1) is 26.8. The fourth-order valence-corrected chi connectivity index (χ4v) is 7.55. The first-order chi connectivity index (χ1) is 22.6. The zero-order valence-corrected chi connectivity index (χ0v) is 26.0. The molecule has 0 unspecified atom stereocenters. The molecule has 2 heterocycles. The topological polar surface area (TPSA) is 30.7 Å². The quantitative estimate of drug-likeness (QED) is 0.204. The Morgan fingerprint density at radius 2 is 1.26 bits per heavy atom. The molecule has 0 amide bonds. The van der Waals surface area contributed by atoms with E-state index in [9.17, 15) is 0 Å². The summed E-state index contributed by atoms with van der Waals surface area (Å²) in [5.41, 5.74) is 15.7. The lowest BCUT2D eigenvalue weighted by molar-refractivity contribution is 0.661. The minimum atomic E-state index is -0.0179. The molecule has 46 heavy (non-hydrogen) atoms. The van der Waals surface area contributed by atoms with Gasteiger partial charge in [-0.25, -0.2) is 9.97 Å². The highest BCUT2D eigenvalue weighted by atomic mass is 15.0. The molecular formula is C43H33N3. The van der Waals surface area contributed by atoms with Crippen LogP contribution in [0.15, 0.2) is 133 Å². The van der Waals surface area contributed by atoms with Crippen LogP contribution in [0.1, 0.15) is 42.7 Å². The number of benzene rings is 5. The van der Waals surface area contributed by atoms with Crippen LogP contribution in [0.2, 0.25) is 0 Å². The fourth-order valence-electron chi connectivity index (χ4n) is 7.55. The van der Waals surface area contributed by atoms with Crippen LogP contribution in [-0.4, -0.2) is 14.5 Å². The number of hydrogen-bond donors (Lipinski definition) is 0. The molecule has 2 aliphatic carbocycles. The Morgan fingerprint density at radius 1 is 0.609 bits per heavy atom. The summed E-state index contributed by atoms with van der Waals surface area (Å²) < 4.78 is 2.46. The Labute approximate surface area is 269 Å². The third-order valence-corrected chi connectivity index (χ3v) is 9.90. The van der Waals surface area contributed by atoms with Crippen molar-refractivity contribution in [3.8, 4) is 50.7 Å². The van der Waals surface area contributed by atoms with E-state index in [4.69, 9.17) is 9.97 Å². The Morgan fingerprint density at radius 3 is 2.00 bits per heavy atom. The number of allylic oxidation sites excluding steroid dienone is 1. The molecular weight excluding hydrogens is 558 g/mol. The minimum absolute atomic E-state index is 0.0179. The van der Waals surface area contributed by atoms with E-state index in [1.165, 1.54) is 44.4 Å². The summed E-state index contributed by atoms with van der Waals surface area (Å²) in [4.78, 5) is 10.0. The average Bonchev–Trinajstić information content (AvgIpc) is 3.56. The highest BCUT2D eigenvalue weighted by molar-refractivity contribution is 5.97. The van der Waals surface area contributed by atoms with Crippen LogP contribution in [0, 0.1) is 0 Å². The van der Waals surface area contributed by atoms with Crippen molar-refractivity contribution in [2.75, 3.05) is 0 Å². The van der Waals surface area contributed by atoms with E-state index in [0.717, 1.165) is 52.4 Å². The zero-order chi connectivity index (χ0) is 30.8. The van der Waals surface area contributed by atoms with Gasteiger partial charge in [0.2, 0.25) is 0 Å². The average molecular weight is 592 g/mol. The van der Waals surface area contributed by atoms with Crippen molar-refractivity contribution in [1.29, 1.82) is 0 Å². The summed E-state index contributed by atoms with van der Waals surface area (Å²) in [7, 11) is 0. The molecule has 0 saturated heterocycles. The largest absolute Gasteiger partial charge is 0.310 e. The number of fused-ring (bicyclic) bond motifs is 6. The Balaban J connectivity index is 1.19. The second kappa shape index (κ2) is 10.3. The van der Waals surface area contributed by atoms with Crippen LogP contribution in [0.5, 0.6) is 0 Å². The molecule has 3 nitrogen and oxygen atoms in total. The minimum Gasteiger partial charge on any atom is -0.310 e. The van der Waals surface area contributed by atoms with Gasteiger partial charge in [0.1, 0.15) is 0 Å². The summed E-state index contributed by atoms with van der Waals surface area (Å²) in [5, 5.41) is 1.37. The number of nitrogens with zero attached hydrogens (tertiary/aromatic N) is 3. The van der Waals surface area contributed by atoms with Gasteiger partial charge in [-0.05, 0) is 77.1 Å². The molecule has 0 atom stereocenters. The van der Waals surface area contributed by atoms with Crippen molar-refractivity contribution in [2.24, 2.45) is 0 Å². The van der Waals surface area contributed by atoms with Gasteiger partial charge in [0.05, 0.1) is 16.9 Å². The summed E-state index contributed by atoms with van der Waals surface area (Å²) >= 11 is 0. The number of aryl methyl sites for hydroxylation is 1. The van der Waals surface area contributed by atoms with E-state index in [0.29, 0.717) is 0 Å². The summed E-state index contributed by atoms with van der Waals surface area (Å²) in [6.07, 6.45) is 6.77. The molecule has 3 heteroatoms. The predicted molar refractivity (Wildman–Crippen MR) is 190 cm³/mol. The maximum absolute atomic E-state index is 5.06. The van der Waals surface area contributed by atoms with Crippen molar-refractivity contribution in [3.05, 3.63) is 156 Å². The van der Waals surface area contributed by atoms with Gasteiger partial charge < -0.3 is 4.57 Å². The maximum Gasteiger partial charge on any atom is 0.160 e. The van der Waals surface area contributed by atoms with Crippen LogP contribution in [0.25, 0.3) is 67.7 Å². The van der Waals surface area contributed by atoms with Gasteiger partial charge in [0.25, 0.3) is 0 Å². The maximum atomic E-state index is 5.06. The molecule has 9 rings (SSSR count). The van der Waals surface area contributed by atoms with Gasteiger partial charge in [-0.15, -0.1) is 0 Å². The molecule has 2 aromatic heterocycles. The van der Waals surface area contributed by atoms with Gasteiger partial charge in [-0.1, -0.05) is 117 Å². The van der Waals surface area contributed by atoms with Gasteiger partial charge in [0, 0.05) is 38.9 Å². The third-order valence-electron chi connectivity index (χ3n) is 9.90. The first-order valence-corrected chi connectivity index (χ1v) is 16.2. The molecule has 0 fully saturated rings. The summed E-state index contributed by atoms with van der Waals surface area (Å²) in [5.74, 6) is 0.730. The van der Waals surface area contributed by atoms with Gasteiger partial charge >= 0.3 is 0 Å². The highest BCUT2D eigenvalue weighted by Crippen LogP contribution is 2.51. The van der Waals surface area contributed by atoms with Crippen molar-refractivity contribution in [3.63, 3.8) is 0 Å². The summed E-state index contributed by atoms with van der Waals surface area (Å²) in [6, 6.07) is 45.5. The van der Waals surface area contributed by atoms with Crippen LogP contribution in [-0.2, 0) is 11.8 Å². The van der Waals surface area contributed by atoms with E-state index in [2.05, 4.69) is 134 Å². The van der Waals surface area contributed by atoms with Crippen LogP contribution < -0.4 is 0 Å². The Kier molecular flexibility index (Phi) is 5.98. The normalized spacial score (nSPS) is 14.2. The molecule has 2 aliphatic rings. The smallest absolute Gasteiger partial charge is 0.160 e. The van der Waals surface area contributed by atoms with Crippen LogP contribution in [0.3, 0.4) is 0 Å². The number of hydrogen-bond acceptors (Lipinski definition) is 2. The molecule has 0 bridgehead atoms. The molecule has 0 radical (unpaired) electrons. The molecule has 0 spiro atoms. The first-order valence-electron chi connectivity index (χ1n) is 16.2. The lowest BCUT2D eigenvalue weighted by atomic mass is 9.82. The van der Waals surface area contributed by atoms with Crippen molar-refractivity contribution in [1.82, 2.24) is 14.5 Å². The molecule has 0 aliphatic heterocycles. The van der Waals surface area contributed by atoms with Crippen molar-refractivity contribution < 1.29 is 0 Å². The monoisotopic (exact) mass is 591 g/mol. The SMILES string of the molecule is CC1(C)c2ccccc2-c2cc3c(cc21)c1c(n3-c2ccc(-c3cc(-c4ccccc4)nc(-c4ccccc4)n3)cc2)C=CCC1. The molecule has 0 N–H and O–H groups in total. The van der Waals surface area contributed by atoms with Crippen molar-refractivity contribution >= 4 is 17.0 Å². The second-order valence-corrected chi connectivity index (χ2v) is 13.0. The standard InChI is InChI=1S/C43H33N3/c1-43(2)36-19-11-9-17-32(36)34-26-41-35(25-37(34)43)33-18-10-12-20-40(33)46(41)31-23-21-29(22-24-31)39-27-38(28-13-5-3-6-14-28)44-42(45-39)30-15-7-4-8-16-30/h3-9,11-17,19-27H,10,18H2,1-2H3. The van der Waals surface area contributed by atoms with Crippen LogP contribution in [0.4, 0.5) is 0 Å². The van der Waals surface area contributed by atoms with E-state index in [1.54, 1.807) is 0 Å². The second-order valence-electron chi connectivity index (χ2n) is 13.0. The molecule has 220 valence electrons. The van der Waals surface area contributed by atoms with Crippen LogP contribution >= 0.6 is 0 Å². The summed E-state index contributed by atoms with van der Waals surface area (Å²) in [6.45, 7) is 4.73. The number of rotatable bonds is 4. The lowest BCUT2D eigenvalue weighted by Crippen LogP contribution is -2.14. The van der Waals surface area contributed by atoms with E-state index in [-0.39, 0.29) is 5.41 Å². The predicted octanol–water partition coefficient (Wildman–Crippen LogP) is 10.7. The van der Waals surface area contributed by atoms with Gasteiger partial charge in [0.15, 0.2) is 5.82 Å². The third kappa shape index (κ3) is 4.12.